The number of hydrazone groups is 1. The van der Waals surface area contributed by atoms with E-state index < -0.39 is 18.2 Å². The number of ether oxygens (including phenoxy) is 1. The molecule has 2 aliphatic heterocycles. The highest BCUT2D eigenvalue weighted by molar-refractivity contribution is 9.10. The SMILES string of the molecule is Cc1cccc(Cl)c1NC(=O)c1c(Br)cc(/C=N/NC2=NC(N3CCOCC3)C(F)C=N2)c(O)c1Cl. The lowest BCUT2D eigenvalue weighted by atomic mass is 10.1. The van der Waals surface area contributed by atoms with E-state index in [1.54, 1.807) is 25.1 Å². The number of phenols is 1. The van der Waals surface area contributed by atoms with E-state index in [4.69, 9.17) is 27.9 Å². The fourth-order valence-electron chi connectivity index (χ4n) is 3.69. The Bertz CT molecular complexity index is 1230. The Labute approximate surface area is 225 Å². The molecule has 2 unspecified atom stereocenters. The van der Waals surface area contributed by atoms with Crippen LogP contribution in [0.3, 0.4) is 0 Å². The number of carbonyl (C=O) groups excluding carboxylic acids is 1. The van der Waals surface area contributed by atoms with E-state index in [0.29, 0.717) is 41.5 Å². The maximum absolute atomic E-state index is 14.3. The zero-order valence-electron chi connectivity index (χ0n) is 19.0. The lowest BCUT2D eigenvalue weighted by Crippen LogP contribution is -2.49. The highest BCUT2D eigenvalue weighted by atomic mass is 79.9. The Morgan fingerprint density at radius 3 is 2.83 bits per heavy atom. The molecule has 2 aliphatic rings. The molecule has 36 heavy (non-hydrogen) atoms. The number of halogens is 4. The summed E-state index contributed by atoms with van der Waals surface area (Å²) in [5.41, 5.74) is 4.11. The van der Waals surface area contributed by atoms with Crippen molar-refractivity contribution in [3.05, 3.63) is 55.5 Å². The first-order valence-corrected chi connectivity index (χ1v) is 12.5. The van der Waals surface area contributed by atoms with Crippen LogP contribution >= 0.6 is 39.1 Å². The minimum absolute atomic E-state index is 0.0298. The molecule has 2 atom stereocenters. The minimum atomic E-state index is -1.34. The van der Waals surface area contributed by atoms with Crippen LogP contribution < -0.4 is 10.7 Å². The predicted octanol–water partition coefficient (Wildman–Crippen LogP) is 4.38. The molecular weight excluding hydrogens is 578 g/mol. The third-order valence-corrected chi connectivity index (χ3v) is 6.88. The van der Waals surface area contributed by atoms with Crippen molar-refractivity contribution in [2.24, 2.45) is 15.1 Å². The van der Waals surface area contributed by atoms with Crippen LogP contribution in [0.25, 0.3) is 0 Å². The topological polar surface area (TPSA) is 111 Å². The number of aryl methyl sites for hydroxylation is 1. The van der Waals surface area contributed by atoms with E-state index >= 15 is 0 Å². The maximum Gasteiger partial charge on any atom is 0.258 e. The van der Waals surface area contributed by atoms with Gasteiger partial charge in [0.05, 0.1) is 40.7 Å². The standard InChI is InChI=1S/C23H22BrCl2FN6O3/c1-12-3-2-4-15(25)19(12)30-22(35)17-14(24)9-13(20(34)18(17)26)10-29-32-23-28-11-16(27)21(31-23)33-5-7-36-8-6-33/h2-4,9-11,16,21,34H,5-8H2,1H3,(H,30,35)(H,31,32)/b29-10+. The predicted molar refractivity (Wildman–Crippen MR) is 143 cm³/mol. The van der Waals surface area contributed by atoms with E-state index in [0.717, 1.165) is 5.56 Å². The molecule has 13 heteroatoms. The number of benzene rings is 2. The third-order valence-electron chi connectivity index (χ3n) is 5.58. The Kier molecular flexibility index (Phi) is 8.58. The number of amides is 1. The first-order chi connectivity index (χ1) is 17.3. The second-order valence-electron chi connectivity index (χ2n) is 7.98. The summed E-state index contributed by atoms with van der Waals surface area (Å²) < 4.78 is 20.0. The summed E-state index contributed by atoms with van der Waals surface area (Å²) in [5.74, 6) is -0.788. The van der Waals surface area contributed by atoms with Gasteiger partial charge in [-0.2, -0.15) is 5.10 Å². The molecule has 2 aromatic carbocycles. The number of aliphatic imine (C=N–C) groups is 2. The van der Waals surface area contributed by atoms with Crippen LogP contribution in [0.4, 0.5) is 10.1 Å². The summed E-state index contributed by atoms with van der Waals surface area (Å²) in [7, 11) is 0. The average molecular weight is 600 g/mol. The molecule has 0 aromatic heterocycles. The molecule has 4 rings (SSSR count). The van der Waals surface area contributed by atoms with Crippen LogP contribution in [-0.4, -0.2) is 72.9 Å². The molecule has 0 spiro atoms. The Hall–Kier alpha value is -2.57. The number of nitrogens with one attached hydrogen (secondary N) is 2. The molecule has 3 N–H and O–H groups in total. The van der Waals surface area contributed by atoms with Gasteiger partial charge in [-0.3, -0.25) is 9.69 Å². The zero-order chi connectivity index (χ0) is 25.8. The summed E-state index contributed by atoms with van der Waals surface area (Å²) in [5, 5.41) is 17.6. The van der Waals surface area contributed by atoms with Gasteiger partial charge in [0.25, 0.3) is 5.91 Å². The van der Waals surface area contributed by atoms with Gasteiger partial charge in [0.1, 0.15) is 11.9 Å². The van der Waals surface area contributed by atoms with Crippen molar-refractivity contribution in [2.45, 2.75) is 19.3 Å². The number of carbonyl (C=O) groups is 1. The number of para-hydroxylation sites is 1. The van der Waals surface area contributed by atoms with Crippen LogP contribution in [0.2, 0.25) is 10.0 Å². The normalized spacial score (nSPS) is 20.4. The Morgan fingerprint density at radius 1 is 1.36 bits per heavy atom. The second-order valence-corrected chi connectivity index (χ2v) is 9.62. The molecule has 2 heterocycles. The number of hydrogen-bond acceptors (Lipinski definition) is 8. The molecule has 0 saturated carbocycles. The van der Waals surface area contributed by atoms with Gasteiger partial charge in [-0.05, 0) is 40.5 Å². The van der Waals surface area contributed by atoms with E-state index in [9.17, 15) is 14.3 Å². The lowest BCUT2D eigenvalue weighted by molar-refractivity contribution is 0.00754. The van der Waals surface area contributed by atoms with Gasteiger partial charge in [0.2, 0.25) is 5.96 Å². The number of nitrogens with zero attached hydrogens (tertiary/aromatic N) is 4. The van der Waals surface area contributed by atoms with E-state index in [1.165, 1.54) is 18.5 Å². The third kappa shape index (κ3) is 5.87. The van der Waals surface area contributed by atoms with Crippen LogP contribution in [0.1, 0.15) is 21.5 Å². The van der Waals surface area contributed by atoms with Crippen LogP contribution in [0.15, 0.2) is 43.8 Å². The van der Waals surface area contributed by atoms with Crippen molar-refractivity contribution in [3.63, 3.8) is 0 Å². The van der Waals surface area contributed by atoms with Gasteiger partial charge in [-0.15, -0.1) is 0 Å². The quantitative estimate of drug-likeness (QED) is 0.349. The van der Waals surface area contributed by atoms with Gasteiger partial charge in [-0.25, -0.2) is 19.8 Å². The summed E-state index contributed by atoms with van der Waals surface area (Å²) in [6.45, 7) is 3.96. The molecule has 1 saturated heterocycles. The largest absolute Gasteiger partial charge is 0.506 e. The average Bonchev–Trinajstić information content (AvgIpc) is 2.86. The van der Waals surface area contributed by atoms with Crippen LogP contribution in [0, 0.1) is 6.92 Å². The molecular formula is C23H22BrCl2FN6O3. The van der Waals surface area contributed by atoms with Crippen molar-refractivity contribution < 1.29 is 19.0 Å². The smallest absolute Gasteiger partial charge is 0.258 e. The zero-order valence-corrected chi connectivity index (χ0v) is 22.1. The highest BCUT2D eigenvalue weighted by Gasteiger charge is 2.30. The van der Waals surface area contributed by atoms with Gasteiger partial charge >= 0.3 is 0 Å². The van der Waals surface area contributed by atoms with Crippen LogP contribution in [-0.2, 0) is 4.74 Å². The number of hydrogen-bond donors (Lipinski definition) is 3. The first-order valence-electron chi connectivity index (χ1n) is 10.9. The number of guanidine groups is 1. The van der Waals surface area contributed by atoms with Crippen molar-refractivity contribution in [2.75, 3.05) is 31.6 Å². The minimum Gasteiger partial charge on any atom is -0.506 e. The maximum atomic E-state index is 14.3. The number of morpholine rings is 1. The summed E-state index contributed by atoms with van der Waals surface area (Å²) >= 11 is 15.9. The van der Waals surface area contributed by atoms with Gasteiger partial charge in [0, 0.05) is 29.3 Å². The number of phenolic OH excluding ortho intramolecular Hbond substituents is 1. The molecule has 190 valence electrons. The monoisotopic (exact) mass is 598 g/mol. The Morgan fingerprint density at radius 2 is 2.11 bits per heavy atom. The van der Waals surface area contributed by atoms with Crippen molar-refractivity contribution >= 4 is 69.1 Å². The molecule has 1 amide bonds. The van der Waals surface area contributed by atoms with E-state index in [1.807, 2.05) is 4.90 Å². The fourth-order valence-corrected chi connectivity index (χ4v) is 5.00. The lowest BCUT2D eigenvalue weighted by Gasteiger charge is -2.33. The highest BCUT2D eigenvalue weighted by Crippen LogP contribution is 2.37. The molecule has 0 radical (unpaired) electrons. The number of anilines is 1. The summed E-state index contributed by atoms with van der Waals surface area (Å²) in [4.78, 5) is 23.0. The van der Waals surface area contributed by atoms with Crippen molar-refractivity contribution in [3.8, 4) is 5.75 Å². The molecule has 9 nitrogen and oxygen atoms in total. The Balaban J connectivity index is 1.49. The van der Waals surface area contributed by atoms with Crippen molar-refractivity contribution in [1.82, 2.24) is 10.3 Å². The van der Waals surface area contributed by atoms with Gasteiger partial charge in [-0.1, -0.05) is 35.3 Å². The second kappa shape index (κ2) is 11.7. The molecule has 0 aliphatic carbocycles. The van der Waals surface area contributed by atoms with Gasteiger partial charge in [0.15, 0.2) is 6.17 Å². The molecule has 0 bridgehead atoms. The number of rotatable bonds is 5. The van der Waals surface area contributed by atoms with Crippen molar-refractivity contribution in [1.29, 1.82) is 0 Å². The summed E-state index contributed by atoms with van der Waals surface area (Å²) in [6.07, 6.45) is 0.393. The fraction of sp³-hybridized carbons (Fsp3) is 0.304. The number of aromatic hydroxyl groups is 1. The van der Waals surface area contributed by atoms with E-state index in [2.05, 4.69) is 41.8 Å². The molecule has 2 aromatic rings. The number of alkyl halides is 1. The van der Waals surface area contributed by atoms with E-state index in [-0.39, 0.29) is 27.9 Å². The first kappa shape index (κ1) is 26.5. The molecule has 1 fully saturated rings. The van der Waals surface area contributed by atoms with Gasteiger partial charge < -0.3 is 15.2 Å². The van der Waals surface area contributed by atoms with Crippen LogP contribution in [0.5, 0.6) is 5.75 Å². The summed E-state index contributed by atoms with van der Waals surface area (Å²) in [6, 6.07) is 6.72.